The highest BCUT2D eigenvalue weighted by Gasteiger charge is 2.14. The number of pyridine rings is 1. The molecule has 1 aliphatic rings. The number of benzene rings is 2. The van der Waals surface area contributed by atoms with Crippen LogP contribution in [0.4, 0.5) is 5.69 Å². The van der Waals surface area contributed by atoms with Crippen molar-refractivity contribution in [2.45, 2.75) is 38.9 Å². The van der Waals surface area contributed by atoms with Crippen molar-refractivity contribution in [2.24, 2.45) is 0 Å². The molecule has 1 N–H and O–H groups in total. The Bertz CT molecular complexity index is 1200. The lowest BCUT2D eigenvalue weighted by molar-refractivity contribution is 0.218. The maximum atomic E-state index is 5.46. The summed E-state index contributed by atoms with van der Waals surface area (Å²) in [5.74, 6) is 0.881. The lowest BCUT2D eigenvalue weighted by atomic mass is 10.1. The summed E-state index contributed by atoms with van der Waals surface area (Å²) < 4.78 is 5.46. The van der Waals surface area contributed by atoms with Gasteiger partial charge in [0.05, 0.1) is 30.2 Å². The fourth-order valence-corrected chi connectivity index (χ4v) is 4.63. The molecule has 4 aromatic rings. The van der Waals surface area contributed by atoms with E-state index >= 15 is 0 Å². The van der Waals surface area contributed by atoms with Crippen LogP contribution in [0.1, 0.15) is 36.1 Å². The second-order valence-corrected chi connectivity index (χ2v) is 8.80. The Labute approximate surface area is 195 Å². The van der Waals surface area contributed by atoms with Crippen molar-refractivity contribution in [2.75, 3.05) is 25.1 Å². The van der Waals surface area contributed by atoms with E-state index in [9.17, 15) is 0 Å². The molecule has 33 heavy (non-hydrogen) atoms. The quantitative estimate of drug-likeness (QED) is 0.409. The SMILES string of the molecule is COc1cccc(CN(Cc2ccc3nc[nH]c3c2)c2ccnc(CN3CCCCC3)c2)c1. The van der Waals surface area contributed by atoms with Crippen molar-refractivity contribution in [3.8, 4) is 5.75 Å². The Hall–Kier alpha value is -3.38. The zero-order valence-corrected chi connectivity index (χ0v) is 19.2. The topological polar surface area (TPSA) is 57.3 Å². The number of rotatable bonds is 8. The number of likely N-dealkylation sites (tertiary alicyclic amines) is 1. The molecule has 6 heteroatoms. The number of imidazole rings is 1. The van der Waals surface area contributed by atoms with E-state index in [1.807, 2.05) is 12.3 Å². The van der Waals surface area contributed by atoms with Crippen LogP contribution in [0.3, 0.4) is 0 Å². The van der Waals surface area contributed by atoms with Crippen molar-refractivity contribution < 1.29 is 4.74 Å². The first-order chi connectivity index (χ1) is 16.3. The molecule has 1 aliphatic heterocycles. The predicted molar refractivity (Wildman–Crippen MR) is 132 cm³/mol. The van der Waals surface area contributed by atoms with E-state index < -0.39 is 0 Å². The van der Waals surface area contributed by atoms with Gasteiger partial charge in [-0.2, -0.15) is 0 Å². The molecule has 0 aliphatic carbocycles. The molecule has 5 rings (SSSR count). The van der Waals surface area contributed by atoms with Crippen LogP contribution in [-0.4, -0.2) is 40.1 Å². The van der Waals surface area contributed by atoms with E-state index in [2.05, 4.69) is 73.3 Å². The molecule has 0 bridgehead atoms. The summed E-state index contributed by atoms with van der Waals surface area (Å²) in [5.41, 5.74) is 6.83. The monoisotopic (exact) mass is 441 g/mol. The maximum Gasteiger partial charge on any atom is 0.119 e. The van der Waals surface area contributed by atoms with Gasteiger partial charge in [0.2, 0.25) is 0 Å². The maximum absolute atomic E-state index is 5.46. The van der Waals surface area contributed by atoms with Crippen molar-refractivity contribution >= 4 is 16.7 Å². The minimum absolute atomic E-state index is 0.783. The third-order valence-electron chi connectivity index (χ3n) is 6.37. The number of hydrogen-bond donors (Lipinski definition) is 1. The summed E-state index contributed by atoms with van der Waals surface area (Å²) in [7, 11) is 1.71. The second-order valence-electron chi connectivity index (χ2n) is 8.80. The first-order valence-electron chi connectivity index (χ1n) is 11.7. The molecular formula is C27H31N5O. The van der Waals surface area contributed by atoms with E-state index in [4.69, 9.17) is 4.74 Å². The molecule has 0 atom stereocenters. The van der Waals surface area contributed by atoms with E-state index in [1.165, 1.54) is 49.2 Å². The van der Waals surface area contributed by atoms with Gasteiger partial charge in [0.1, 0.15) is 5.75 Å². The number of fused-ring (bicyclic) bond motifs is 1. The molecule has 0 radical (unpaired) electrons. The smallest absolute Gasteiger partial charge is 0.119 e. The van der Waals surface area contributed by atoms with Gasteiger partial charge in [-0.05, 0) is 73.5 Å². The molecule has 1 saturated heterocycles. The molecule has 2 aromatic heterocycles. The minimum Gasteiger partial charge on any atom is -0.497 e. The third kappa shape index (κ3) is 5.34. The Kier molecular flexibility index (Phi) is 6.53. The fourth-order valence-electron chi connectivity index (χ4n) is 4.63. The van der Waals surface area contributed by atoms with E-state index in [0.29, 0.717) is 0 Å². The minimum atomic E-state index is 0.783. The van der Waals surface area contributed by atoms with Crippen molar-refractivity contribution in [3.63, 3.8) is 0 Å². The molecule has 0 unspecified atom stereocenters. The highest BCUT2D eigenvalue weighted by Crippen LogP contribution is 2.24. The molecule has 6 nitrogen and oxygen atoms in total. The van der Waals surface area contributed by atoms with E-state index in [0.717, 1.165) is 42.1 Å². The van der Waals surface area contributed by atoms with Crippen LogP contribution in [-0.2, 0) is 19.6 Å². The number of nitrogens with one attached hydrogen (secondary N) is 1. The van der Waals surface area contributed by atoms with Gasteiger partial charge in [-0.15, -0.1) is 0 Å². The standard InChI is InChI=1S/C27H31N5O/c1-33-25-7-5-6-21(14-25)17-32(18-22-8-9-26-27(15-22)30-20-29-26)24-10-11-28-23(16-24)19-31-12-3-2-4-13-31/h5-11,14-16,20H,2-4,12-13,17-19H2,1H3,(H,29,30). The number of piperidine rings is 1. The summed E-state index contributed by atoms with van der Waals surface area (Å²) in [4.78, 5) is 17.2. The molecular weight excluding hydrogens is 410 g/mol. The molecule has 1 fully saturated rings. The second kappa shape index (κ2) is 10.0. The average Bonchev–Trinajstić information content (AvgIpc) is 3.33. The number of aromatic amines is 1. The van der Waals surface area contributed by atoms with Crippen LogP contribution < -0.4 is 9.64 Å². The summed E-state index contributed by atoms with van der Waals surface area (Å²) in [6.07, 6.45) is 7.62. The molecule has 2 aromatic carbocycles. The van der Waals surface area contributed by atoms with Crippen LogP contribution in [0, 0.1) is 0 Å². The number of hydrogen-bond acceptors (Lipinski definition) is 5. The van der Waals surface area contributed by atoms with Gasteiger partial charge in [0, 0.05) is 31.5 Å². The molecule has 0 saturated carbocycles. The Balaban J connectivity index is 1.42. The highest BCUT2D eigenvalue weighted by atomic mass is 16.5. The largest absolute Gasteiger partial charge is 0.497 e. The lowest BCUT2D eigenvalue weighted by Crippen LogP contribution is -2.29. The predicted octanol–water partition coefficient (Wildman–Crippen LogP) is 5.16. The van der Waals surface area contributed by atoms with E-state index in [-0.39, 0.29) is 0 Å². The first kappa shape index (κ1) is 21.5. The number of methoxy groups -OCH3 is 1. The average molecular weight is 442 g/mol. The van der Waals surface area contributed by atoms with Gasteiger partial charge < -0.3 is 14.6 Å². The van der Waals surface area contributed by atoms with Crippen LogP contribution in [0.2, 0.25) is 0 Å². The number of ether oxygens (including phenoxy) is 1. The van der Waals surface area contributed by atoms with Crippen LogP contribution in [0.5, 0.6) is 5.75 Å². The number of H-pyrrole nitrogens is 1. The van der Waals surface area contributed by atoms with Gasteiger partial charge in [0.15, 0.2) is 0 Å². The Morgan fingerprint density at radius 2 is 1.79 bits per heavy atom. The molecule has 0 spiro atoms. The first-order valence-corrected chi connectivity index (χ1v) is 11.7. The van der Waals surface area contributed by atoms with Crippen LogP contribution in [0.25, 0.3) is 11.0 Å². The molecule has 3 heterocycles. The number of nitrogens with zero attached hydrogens (tertiary/aromatic N) is 4. The summed E-state index contributed by atoms with van der Waals surface area (Å²) in [6.45, 7) is 4.83. The van der Waals surface area contributed by atoms with Crippen LogP contribution >= 0.6 is 0 Å². The zero-order chi connectivity index (χ0) is 22.5. The van der Waals surface area contributed by atoms with Gasteiger partial charge in [-0.1, -0.05) is 24.6 Å². The van der Waals surface area contributed by atoms with Gasteiger partial charge in [-0.3, -0.25) is 9.88 Å². The van der Waals surface area contributed by atoms with Crippen molar-refractivity contribution in [3.05, 3.63) is 83.9 Å². The number of aromatic nitrogens is 3. The highest BCUT2D eigenvalue weighted by molar-refractivity contribution is 5.75. The molecule has 0 amide bonds. The fraction of sp³-hybridized carbons (Fsp3) is 0.333. The van der Waals surface area contributed by atoms with Crippen molar-refractivity contribution in [1.29, 1.82) is 0 Å². The zero-order valence-electron chi connectivity index (χ0n) is 19.2. The Morgan fingerprint density at radius 3 is 2.64 bits per heavy atom. The van der Waals surface area contributed by atoms with Gasteiger partial charge in [0.25, 0.3) is 0 Å². The number of anilines is 1. The lowest BCUT2D eigenvalue weighted by Gasteiger charge is -2.28. The van der Waals surface area contributed by atoms with Crippen LogP contribution in [0.15, 0.2) is 67.1 Å². The third-order valence-corrected chi connectivity index (χ3v) is 6.37. The summed E-state index contributed by atoms with van der Waals surface area (Å²) in [6, 6.07) is 19.1. The Morgan fingerprint density at radius 1 is 0.939 bits per heavy atom. The van der Waals surface area contributed by atoms with E-state index in [1.54, 1.807) is 13.4 Å². The molecule has 170 valence electrons. The normalized spacial score (nSPS) is 14.5. The summed E-state index contributed by atoms with van der Waals surface area (Å²) >= 11 is 0. The van der Waals surface area contributed by atoms with Gasteiger partial charge in [-0.25, -0.2) is 4.98 Å². The summed E-state index contributed by atoms with van der Waals surface area (Å²) in [5, 5.41) is 0. The van der Waals surface area contributed by atoms with Crippen molar-refractivity contribution in [1.82, 2.24) is 19.9 Å². The van der Waals surface area contributed by atoms with Gasteiger partial charge >= 0.3 is 0 Å².